The fourth-order valence-electron chi connectivity index (χ4n) is 4.75. The van der Waals surface area contributed by atoms with E-state index in [2.05, 4.69) is 34.4 Å². The summed E-state index contributed by atoms with van der Waals surface area (Å²) in [5.41, 5.74) is 1.12. The molecule has 11 heteroatoms. The lowest BCUT2D eigenvalue weighted by Crippen LogP contribution is -2.27. The van der Waals surface area contributed by atoms with Gasteiger partial charge in [0.25, 0.3) is 11.5 Å². The quantitative estimate of drug-likeness (QED) is 0.225. The summed E-state index contributed by atoms with van der Waals surface area (Å²) in [6.45, 7) is 10.1. The number of aromatic nitrogens is 3. The highest BCUT2D eigenvalue weighted by Crippen LogP contribution is 2.31. The number of amides is 1. The Morgan fingerprint density at radius 2 is 1.76 bits per heavy atom. The summed E-state index contributed by atoms with van der Waals surface area (Å²) in [5, 5.41) is 6.43. The number of fused-ring (bicyclic) bond motifs is 1. The van der Waals surface area contributed by atoms with Crippen molar-refractivity contribution in [3.05, 3.63) is 81.6 Å². The van der Waals surface area contributed by atoms with E-state index in [-0.39, 0.29) is 17.5 Å². The second kappa shape index (κ2) is 14.1. The minimum atomic E-state index is -0.899. The summed E-state index contributed by atoms with van der Waals surface area (Å²) in [7, 11) is 1.55. The summed E-state index contributed by atoms with van der Waals surface area (Å²) < 4.78 is 35.9. The summed E-state index contributed by atoms with van der Waals surface area (Å²) in [6, 6.07) is 11.4. The smallest absolute Gasteiger partial charge is 0.256 e. The Hall–Kier alpha value is -4.22. The maximum atomic E-state index is 15.0. The van der Waals surface area contributed by atoms with Crippen LogP contribution in [0.1, 0.15) is 36.2 Å². The zero-order chi connectivity index (χ0) is 30.2. The number of carbonyl (C=O) groups is 1. The predicted molar refractivity (Wildman–Crippen MR) is 160 cm³/mol. The SMILES string of the molecule is CCN(CC)CCCNc1nc(-c2cc(C(=O)NCCOC)ccc2C)c2ccc(=O)n(-c3c(F)cccc3F)c2n1. The molecule has 2 N–H and O–H groups in total. The number of aryl methyl sites for hydroxylation is 1. The summed E-state index contributed by atoms with van der Waals surface area (Å²) >= 11 is 0. The van der Waals surface area contributed by atoms with E-state index < -0.39 is 22.9 Å². The number of rotatable bonds is 13. The molecule has 0 fully saturated rings. The molecule has 0 aliphatic heterocycles. The highest BCUT2D eigenvalue weighted by Gasteiger charge is 2.21. The van der Waals surface area contributed by atoms with Crippen molar-refractivity contribution in [2.24, 2.45) is 0 Å². The van der Waals surface area contributed by atoms with Gasteiger partial charge >= 0.3 is 0 Å². The Balaban J connectivity index is 1.88. The van der Waals surface area contributed by atoms with E-state index in [1.54, 1.807) is 25.3 Å². The van der Waals surface area contributed by atoms with Gasteiger partial charge in [-0.15, -0.1) is 0 Å². The molecule has 1 amide bonds. The molecule has 4 rings (SSSR count). The second-order valence-electron chi connectivity index (χ2n) is 9.80. The monoisotopic (exact) mass is 578 g/mol. The van der Waals surface area contributed by atoms with E-state index in [9.17, 15) is 18.4 Å². The van der Waals surface area contributed by atoms with E-state index in [1.807, 2.05) is 6.92 Å². The highest BCUT2D eigenvalue weighted by atomic mass is 19.1. The fourth-order valence-corrected chi connectivity index (χ4v) is 4.75. The number of nitrogens with zero attached hydrogens (tertiary/aromatic N) is 4. The van der Waals surface area contributed by atoms with Crippen LogP contribution >= 0.6 is 0 Å². The molecule has 2 aromatic carbocycles. The number of pyridine rings is 1. The molecule has 2 heterocycles. The third kappa shape index (κ3) is 6.80. The number of methoxy groups -OCH3 is 1. The number of hydrogen-bond acceptors (Lipinski definition) is 7. The van der Waals surface area contributed by atoms with Gasteiger partial charge in [0, 0.05) is 42.8 Å². The van der Waals surface area contributed by atoms with Crippen LogP contribution in [0.2, 0.25) is 0 Å². The van der Waals surface area contributed by atoms with Crippen molar-refractivity contribution in [1.82, 2.24) is 24.8 Å². The summed E-state index contributed by atoms with van der Waals surface area (Å²) in [5.74, 6) is -1.89. The van der Waals surface area contributed by atoms with Crippen LogP contribution in [0.5, 0.6) is 0 Å². The molecule has 0 aliphatic carbocycles. The Morgan fingerprint density at radius 3 is 2.45 bits per heavy atom. The third-order valence-electron chi connectivity index (χ3n) is 7.09. The molecule has 0 radical (unpaired) electrons. The first-order valence-corrected chi connectivity index (χ1v) is 14.0. The van der Waals surface area contributed by atoms with Gasteiger partial charge in [0.05, 0.1) is 12.3 Å². The number of nitrogens with one attached hydrogen (secondary N) is 2. The zero-order valence-electron chi connectivity index (χ0n) is 24.3. The Kier molecular flexibility index (Phi) is 10.3. The number of para-hydroxylation sites is 1. The van der Waals surface area contributed by atoms with E-state index in [4.69, 9.17) is 9.72 Å². The lowest BCUT2D eigenvalue weighted by atomic mass is 9.99. The van der Waals surface area contributed by atoms with Crippen LogP contribution < -0.4 is 16.2 Å². The number of halogens is 2. The average Bonchev–Trinajstić information content (AvgIpc) is 2.98. The molecule has 0 saturated heterocycles. The van der Waals surface area contributed by atoms with Crippen LogP contribution in [-0.4, -0.2) is 71.8 Å². The first kappa shape index (κ1) is 30.7. The highest BCUT2D eigenvalue weighted by molar-refractivity contribution is 5.98. The number of hydrogen-bond donors (Lipinski definition) is 2. The van der Waals surface area contributed by atoms with E-state index in [1.165, 1.54) is 18.2 Å². The second-order valence-corrected chi connectivity index (χ2v) is 9.80. The Morgan fingerprint density at radius 1 is 1.02 bits per heavy atom. The largest absolute Gasteiger partial charge is 0.383 e. The maximum absolute atomic E-state index is 15.0. The maximum Gasteiger partial charge on any atom is 0.256 e. The molecule has 0 atom stereocenters. The number of carbonyl (C=O) groups excluding carboxylic acids is 1. The number of ether oxygens (including phenoxy) is 1. The third-order valence-corrected chi connectivity index (χ3v) is 7.09. The van der Waals surface area contributed by atoms with Gasteiger partial charge in [-0.2, -0.15) is 4.98 Å². The molecule has 2 aromatic heterocycles. The normalized spacial score (nSPS) is 11.3. The van der Waals surface area contributed by atoms with E-state index >= 15 is 0 Å². The van der Waals surface area contributed by atoms with Crippen LogP contribution in [0, 0.1) is 18.6 Å². The molecule has 9 nitrogen and oxygen atoms in total. The van der Waals surface area contributed by atoms with Crippen LogP contribution in [0.4, 0.5) is 14.7 Å². The summed E-state index contributed by atoms with van der Waals surface area (Å²) in [6.07, 6.45) is 0.804. The molecule has 0 unspecified atom stereocenters. The summed E-state index contributed by atoms with van der Waals surface area (Å²) in [4.78, 5) is 37.6. The van der Waals surface area contributed by atoms with Gasteiger partial charge < -0.3 is 20.3 Å². The number of benzene rings is 2. The van der Waals surface area contributed by atoms with Gasteiger partial charge in [-0.05, 0) is 68.9 Å². The van der Waals surface area contributed by atoms with Crippen molar-refractivity contribution in [1.29, 1.82) is 0 Å². The predicted octanol–water partition coefficient (Wildman–Crippen LogP) is 4.55. The van der Waals surface area contributed by atoms with Crippen LogP contribution in [0.15, 0.2) is 53.3 Å². The fraction of sp³-hybridized carbons (Fsp3) is 0.355. The minimum absolute atomic E-state index is 0.0390. The van der Waals surface area contributed by atoms with Crippen LogP contribution in [0.25, 0.3) is 28.0 Å². The minimum Gasteiger partial charge on any atom is -0.383 e. The van der Waals surface area contributed by atoms with Crippen molar-refractivity contribution in [2.75, 3.05) is 51.8 Å². The molecular weight excluding hydrogens is 542 g/mol. The van der Waals surface area contributed by atoms with Gasteiger partial charge in [0.2, 0.25) is 5.95 Å². The van der Waals surface area contributed by atoms with Gasteiger partial charge in [-0.3, -0.25) is 14.2 Å². The molecule has 42 heavy (non-hydrogen) atoms. The van der Waals surface area contributed by atoms with Crippen molar-refractivity contribution < 1.29 is 18.3 Å². The van der Waals surface area contributed by atoms with E-state index in [0.717, 1.165) is 48.3 Å². The molecule has 0 aliphatic rings. The number of anilines is 1. The van der Waals surface area contributed by atoms with Crippen molar-refractivity contribution in [3.63, 3.8) is 0 Å². The van der Waals surface area contributed by atoms with Gasteiger partial charge in [0.1, 0.15) is 17.3 Å². The average molecular weight is 579 g/mol. The lowest BCUT2D eigenvalue weighted by Gasteiger charge is -2.18. The van der Waals surface area contributed by atoms with Crippen LogP contribution in [0.3, 0.4) is 0 Å². The van der Waals surface area contributed by atoms with Gasteiger partial charge in [0.15, 0.2) is 5.65 Å². The van der Waals surface area contributed by atoms with Crippen molar-refractivity contribution in [3.8, 4) is 16.9 Å². The van der Waals surface area contributed by atoms with Gasteiger partial charge in [-0.25, -0.2) is 13.8 Å². The molecular formula is C31H36F2N6O3. The standard InChI is InChI=1S/C31H36F2N6O3/c1-5-38(6-2)17-8-15-35-31-36-27(23-19-21(12-11-20(23)3)30(41)34-16-18-42-4)22-13-14-26(40)39(29(22)37-31)28-24(32)9-7-10-25(28)33/h7,9-14,19H,5-6,8,15-18H2,1-4H3,(H,34,41)(H,35,36,37). The molecule has 222 valence electrons. The molecule has 4 aromatic rings. The Labute approximate surface area is 243 Å². The first-order chi connectivity index (χ1) is 20.3. The molecule has 0 spiro atoms. The van der Waals surface area contributed by atoms with Crippen molar-refractivity contribution in [2.45, 2.75) is 27.2 Å². The first-order valence-electron chi connectivity index (χ1n) is 14.0. The van der Waals surface area contributed by atoms with Gasteiger partial charge in [-0.1, -0.05) is 26.0 Å². The molecule has 0 saturated carbocycles. The lowest BCUT2D eigenvalue weighted by molar-refractivity contribution is 0.0937. The van der Waals surface area contributed by atoms with Crippen LogP contribution in [-0.2, 0) is 4.74 Å². The molecule has 0 bridgehead atoms. The van der Waals surface area contributed by atoms with Crippen molar-refractivity contribution >= 4 is 22.9 Å². The Bertz CT molecular complexity index is 1600. The topological polar surface area (TPSA) is 101 Å². The van der Waals surface area contributed by atoms with E-state index in [0.29, 0.717) is 41.9 Å². The zero-order valence-corrected chi connectivity index (χ0v) is 24.3.